The Morgan fingerprint density at radius 2 is 1.58 bits per heavy atom. The topological polar surface area (TPSA) is 41.6 Å². The van der Waals surface area contributed by atoms with E-state index in [1.807, 2.05) is 37.8 Å². The molecule has 0 radical (unpaired) electrons. The van der Waals surface area contributed by atoms with Crippen molar-refractivity contribution in [1.82, 2.24) is 10.2 Å². The highest BCUT2D eigenvalue weighted by Crippen LogP contribution is 2.32. The predicted molar refractivity (Wildman–Crippen MR) is 104 cm³/mol. The van der Waals surface area contributed by atoms with E-state index in [1.165, 1.54) is 11.1 Å². The van der Waals surface area contributed by atoms with Gasteiger partial charge in [-0.2, -0.15) is 0 Å². The van der Waals surface area contributed by atoms with Gasteiger partial charge in [-0.3, -0.25) is 0 Å². The highest BCUT2D eigenvalue weighted by Gasteiger charge is 2.36. The summed E-state index contributed by atoms with van der Waals surface area (Å²) in [5.41, 5.74) is 1.92. The van der Waals surface area contributed by atoms with Crippen LogP contribution in [0, 0.1) is 0 Å². The number of nitrogens with one attached hydrogen (secondary N) is 1. The van der Waals surface area contributed by atoms with Crippen LogP contribution in [0.25, 0.3) is 0 Å². The molecule has 1 aliphatic rings. The van der Waals surface area contributed by atoms with Crippen molar-refractivity contribution < 1.29 is 9.53 Å². The number of carbonyl (C=O) groups excluding carboxylic acids is 1. The van der Waals surface area contributed by atoms with Crippen molar-refractivity contribution in [3.05, 3.63) is 71.8 Å². The van der Waals surface area contributed by atoms with Gasteiger partial charge in [0.1, 0.15) is 5.60 Å². The largest absolute Gasteiger partial charge is 0.444 e. The molecule has 1 amide bonds. The van der Waals surface area contributed by atoms with Gasteiger partial charge < -0.3 is 15.0 Å². The average Bonchev–Trinajstić information content (AvgIpc) is 2.63. The number of benzene rings is 2. The Labute approximate surface area is 156 Å². The molecule has 1 atom stereocenters. The molecule has 1 fully saturated rings. The molecule has 138 valence electrons. The van der Waals surface area contributed by atoms with E-state index in [0.29, 0.717) is 6.54 Å². The van der Waals surface area contributed by atoms with E-state index in [9.17, 15) is 4.79 Å². The van der Waals surface area contributed by atoms with E-state index in [2.05, 4.69) is 53.8 Å². The fourth-order valence-electron chi connectivity index (χ4n) is 3.53. The molecule has 1 N–H and O–H groups in total. The minimum atomic E-state index is -0.499. The Kier molecular flexibility index (Phi) is 5.62. The summed E-state index contributed by atoms with van der Waals surface area (Å²) in [6, 6.07) is 20.8. The maximum absolute atomic E-state index is 12.9. The SMILES string of the molecule is CC(C)(C)OC(=O)N1CCNC[C@@H]1C(c1ccccc1)c1ccccc1. The molecule has 4 heteroatoms. The van der Waals surface area contributed by atoms with Crippen LogP contribution in [0.2, 0.25) is 0 Å². The van der Waals surface area contributed by atoms with Crippen molar-refractivity contribution in [2.75, 3.05) is 19.6 Å². The summed E-state index contributed by atoms with van der Waals surface area (Å²) in [4.78, 5) is 14.8. The molecule has 3 rings (SSSR count). The van der Waals surface area contributed by atoms with Crippen LogP contribution in [0.5, 0.6) is 0 Å². The van der Waals surface area contributed by atoms with Crippen LogP contribution in [-0.2, 0) is 4.74 Å². The molecule has 0 unspecified atom stereocenters. The van der Waals surface area contributed by atoms with Crippen LogP contribution in [0.3, 0.4) is 0 Å². The molecule has 0 aromatic heterocycles. The van der Waals surface area contributed by atoms with Crippen molar-refractivity contribution in [3.8, 4) is 0 Å². The quantitative estimate of drug-likeness (QED) is 0.907. The van der Waals surface area contributed by atoms with Gasteiger partial charge in [0.2, 0.25) is 0 Å². The second kappa shape index (κ2) is 7.92. The Morgan fingerprint density at radius 3 is 2.08 bits per heavy atom. The fourth-order valence-corrected chi connectivity index (χ4v) is 3.53. The Balaban J connectivity index is 1.97. The molecule has 26 heavy (non-hydrogen) atoms. The van der Waals surface area contributed by atoms with Gasteiger partial charge in [-0.1, -0.05) is 60.7 Å². The number of hydrogen-bond acceptors (Lipinski definition) is 3. The molecule has 2 aromatic rings. The van der Waals surface area contributed by atoms with Crippen LogP contribution >= 0.6 is 0 Å². The molecule has 1 saturated heterocycles. The lowest BCUT2D eigenvalue weighted by Crippen LogP contribution is -2.57. The number of piperazine rings is 1. The number of ether oxygens (including phenoxy) is 1. The van der Waals surface area contributed by atoms with E-state index >= 15 is 0 Å². The second-order valence-electron chi connectivity index (χ2n) is 7.74. The highest BCUT2D eigenvalue weighted by molar-refractivity contribution is 5.69. The Bertz CT molecular complexity index is 670. The highest BCUT2D eigenvalue weighted by atomic mass is 16.6. The maximum Gasteiger partial charge on any atom is 0.410 e. The third-order valence-corrected chi connectivity index (χ3v) is 4.61. The monoisotopic (exact) mass is 352 g/mol. The van der Waals surface area contributed by atoms with Gasteiger partial charge >= 0.3 is 6.09 Å². The zero-order chi connectivity index (χ0) is 18.6. The molecule has 4 nitrogen and oxygen atoms in total. The number of rotatable bonds is 3. The fraction of sp³-hybridized carbons (Fsp3) is 0.409. The van der Waals surface area contributed by atoms with Gasteiger partial charge in [0.15, 0.2) is 0 Å². The lowest BCUT2D eigenvalue weighted by atomic mass is 9.83. The van der Waals surface area contributed by atoms with Crippen LogP contribution in [0.15, 0.2) is 60.7 Å². The molecule has 0 spiro atoms. The first-order valence-corrected chi connectivity index (χ1v) is 9.26. The molecular weight excluding hydrogens is 324 g/mol. The smallest absolute Gasteiger partial charge is 0.410 e. The van der Waals surface area contributed by atoms with E-state index < -0.39 is 5.60 Å². The van der Waals surface area contributed by atoms with Gasteiger partial charge in [-0.05, 0) is 31.9 Å². The van der Waals surface area contributed by atoms with E-state index in [1.54, 1.807) is 0 Å². The number of carbonyl (C=O) groups is 1. The van der Waals surface area contributed by atoms with Crippen molar-refractivity contribution in [1.29, 1.82) is 0 Å². The predicted octanol–water partition coefficient (Wildman–Crippen LogP) is 4.03. The molecule has 0 saturated carbocycles. The van der Waals surface area contributed by atoms with E-state index in [-0.39, 0.29) is 18.1 Å². The van der Waals surface area contributed by atoms with Gasteiger partial charge in [0, 0.05) is 25.6 Å². The van der Waals surface area contributed by atoms with Crippen molar-refractivity contribution in [2.45, 2.75) is 38.3 Å². The van der Waals surface area contributed by atoms with Crippen molar-refractivity contribution in [2.24, 2.45) is 0 Å². The molecule has 0 bridgehead atoms. The summed E-state index contributed by atoms with van der Waals surface area (Å²) in [6.45, 7) is 7.91. The second-order valence-corrected chi connectivity index (χ2v) is 7.74. The first-order chi connectivity index (χ1) is 12.5. The summed E-state index contributed by atoms with van der Waals surface area (Å²) < 4.78 is 5.69. The first-order valence-electron chi connectivity index (χ1n) is 9.26. The normalized spacial score (nSPS) is 18.0. The molecule has 1 aliphatic heterocycles. The van der Waals surface area contributed by atoms with Gasteiger partial charge in [0.05, 0.1) is 6.04 Å². The van der Waals surface area contributed by atoms with Gasteiger partial charge in [-0.25, -0.2) is 4.79 Å². The van der Waals surface area contributed by atoms with Crippen LogP contribution in [0.4, 0.5) is 4.79 Å². The number of amides is 1. The first kappa shape index (κ1) is 18.5. The van der Waals surface area contributed by atoms with Crippen molar-refractivity contribution >= 4 is 6.09 Å². The van der Waals surface area contributed by atoms with E-state index in [4.69, 9.17) is 4.74 Å². The lowest BCUT2D eigenvalue weighted by molar-refractivity contribution is 0.0103. The van der Waals surface area contributed by atoms with Crippen LogP contribution in [-0.4, -0.2) is 42.3 Å². The van der Waals surface area contributed by atoms with Gasteiger partial charge in [0.25, 0.3) is 0 Å². The zero-order valence-corrected chi connectivity index (χ0v) is 15.8. The minimum absolute atomic E-state index is 0.00315. The molecular formula is C22H28N2O2. The average molecular weight is 352 g/mol. The summed E-state index contributed by atoms with van der Waals surface area (Å²) in [7, 11) is 0. The number of nitrogens with zero attached hydrogens (tertiary/aromatic N) is 1. The summed E-state index contributed by atoms with van der Waals surface area (Å²) >= 11 is 0. The molecule has 1 heterocycles. The zero-order valence-electron chi connectivity index (χ0n) is 15.8. The molecule has 0 aliphatic carbocycles. The molecule has 2 aromatic carbocycles. The standard InChI is InChI=1S/C22H28N2O2/c1-22(2,3)26-21(25)24-15-14-23-16-19(24)20(17-10-6-4-7-11-17)18-12-8-5-9-13-18/h4-13,19-20,23H,14-16H2,1-3H3/t19-/m1/s1. The minimum Gasteiger partial charge on any atom is -0.444 e. The lowest BCUT2D eigenvalue weighted by Gasteiger charge is -2.41. The third-order valence-electron chi connectivity index (χ3n) is 4.61. The Morgan fingerprint density at radius 1 is 1.04 bits per heavy atom. The summed E-state index contributed by atoms with van der Waals surface area (Å²) in [5, 5.41) is 3.45. The number of hydrogen-bond donors (Lipinski definition) is 1. The third kappa shape index (κ3) is 4.44. The summed E-state index contributed by atoms with van der Waals surface area (Å²) in [5.74, 6) is 0.0951. The summed E-state index contributed by atoms with van der Waals surface area (Å²) in [6.07, 6.45) is -0.235. The Hall–Kier alpha value is -2.33. The van der Waals surface area contributed by atoms with Crippen LogP contribution in [0.1, 0.15) is 37.8 Å². The van der Waals surface area contributed by atoms with E-state index in [0.717, 1.165) is 13.1 Å². The van der Waals surface area contributed by atoms with Crippen LogP contribution < -0.4 is 5.32 Å². The van der Waals surface area contributed by atoms with Gasteiger partial charge in [-0.15, -0.1) is 0 Å². The maximum atomic E-state index is 12.9. The van der Waals surface area contributed by atoms with Crippen molar-refractivity contribution in [3.63, 3.8) is 0 Å².